The summed E-state index contributed by atoms with van der Waals surface area (Å²) in [6.45, 7) is 0.114. The van der Waals surface area contributed by atoms with Gasteiger partial charge in [0.25, 0.3) is 0 Å². The second-order valence-corrected chi connectivity index (χ2v) is 11.8. The third-order valence-corrected chi connectivity index (χ3v) is 8.88. The lowest BCUT2D eigenvalue weighted by molar-refractivity contribution is 0.177. The lowest BCUT2D eigenvalue weighted by atomic mass is 10.1. The van der Waals surface area contributed by atoms with E-state index in [1.807, 2.05) is 24.3 Å². The van der Waals surface area contributed by atoms with Gasteiger partial charge in [-0.3, -0.25) is 0 Å². The van der Waals surface area contributed by atoms with Gasteiger partial charge in [-0.05, 0) is 64.9 Å². The maximum absolute atomic E-state index is 13.6. The molecule has 0 radical (unpaired) electrons. The van der Waals surface area contributed by atoms with Crippen molar-refractivity contribution in [3.63, 3.8) is 0 Å². The molecule has 38 heavy (non-hydrogen) atoms. The topological polar surface area (TPSA) is 99.2 Å². The molecule has 0 heterocycles. The Hall–Kier alpha value is -3.51. The van der Waals surface area contributed by atoms with Gasteiger partial charge in [-0.15, -0.1) is 0 Å². The summed E-state index contributed by atoms with van der Waals surface area (Å²) in [7, 11) is -5.44. The molecule has 0 spiro atoms. The summed E-state index contributed by atoms with van der Waals surface area (Å²) in [5.74, 6) is -0.600. The summed E-state index contributed by atoms with van der Waals surface area (Å²) in [6.07, 6.45) is 0. The lowest BCUT2D eigenvalue weighted by Crippen LogP contribution is -2.33. The van der Waals surface area contributed by atoms with E-state index in [0.717, 1.165) is 35.0 Å². The van der Waals surface area contributed by atoms with Crippen LogP contribution in [0.5, 0.6) is 11.5 Å². The normalized spacial score (nSPS) is 12.1. The van der Waals surface area contributed by atoms with Crippen LogP contribution in [0.15, 0.2) is 94.7 Å². The third kappa shape index (κ3) is 6.13. The van der Waals surface area contributed by atoms with Crippen LogP contribution in [0.3, 0.4) is 0 Å². The number of halogens is 1. The molecular formula is C27H26FNO7S2. The van der Waals surface area contributed by atoms with Gasteiger partial charge in [0.1, 0.15) is 10.7 Å². The highest BCUT2D eigenvalue weighted by Gasteiger charge is 2.26. The Balaban J connectivity index is 1.66. The molecule has 11 heteroatoms. The molecule has 0 aromatic heterocycles. The second-order valence-electron chi connectivity index (χ2n) is 8.32. The molecule has 0 unspecified atom stereocenters. The number of fused-ring (bicyclic) bond motifs is 1. The largest absolute Gasteiger partial charge is 0.493 e. The Kier molecular flexibility index (Phi) is 8.32. The molecule has 0 fully saturated rings. The minimum Gasteiger partial charge on any atom is -0.493 e. The van der Waals surface area contributed by atoms with Crippen LogP contribution in [0, 0.1) is 5.82 Å². The Morgan fingerprint density at radius 1 is 0.763 bits per heavy atom. The Bertz CT molecular complexity index is 1640. The second kappa shape index (κ2) is 11.5. The van der Waals surface area contributed by atoms with Gasteiger partial charge in [-0.2, -0.15) is 12.7 Å². The first-order chi connectivity index (χ1) is 18.1. The molecule has 0 aliphatic heterocycles. The average Bonchev–Trinajstić information content (AvgIpc) is 2.90. The first-order valence-electron chi connectivity index (χ1n) is 11.5. The number of methoxy groups -OCH3 is 2. The summed E-state index contributed by atoms with van der Waals surface area (Å²) in [5, 5.41) is 1.70. The van der Waals surface area contributed by atoms with Crippen LogP contribution >= 0.6 is 0 Å². The van der Waals surface area contributed by atoms with Crippen LogP contribution in [0.1, 0.15) is 5.56 Å². The van der Waals surface area contributed by atoms with Crippen molar-refractivity contribution in [1.29, 1.82) is 0 Å². The average molecular weight is 560 g/mol. The van der Waals surface area contributed by atoms with Crippen LogP contribution in [-0.2, 0) is 31.4 Å². The molecule has 200 valence electrons. The van der Waals surface area contributed by atoms with Crippen molar-refractivity contribution in [3.05, 3.63) is 96.3 Å². The summed E-state index contributed by atoms with van der Waals surface area (Å²) in [5.41, 5.74) is 0.454. The lowest BCUT2D eigenvalue weighted by Gasteiger charge is -2.23. The molecule has 4 aromatic carbocycles. The monoisotopic (exact) mass is 559 g/mol. The van der Waals surface area contributed by atoms with E-state index in [0.29, 0.717) is 5.56 Å². The highest BCUT2D eigenvalue weighted by molar-refractivity contribution is 7.89. The molecule has 0 saturated carbocycles. The number of ether oxygens (including phenoxy) is 2. The van der Waals surface area contributed by atoms with Crippen LogP contribution < -0.4 is 8.92 Å². The van der Waals surface area contributed by atoms with Gasteiger partial charge in [0.15, 0.2) is 11.5 Å². The maximum Gasteiger partial charge on any atom is 0.339 e. The molecule has 0 amide bonds. The highest BCUT2D eigenvalue weighted by Crippen LogP contribution is 2.32. The van der Waals surface area contributed by atoms with Crippen molar-refractivity contribution >= 4 is 30.9 Å². The van der Waals surface area contributed by atoms with Gasteiger partial charge in [0.2, 0.25) is 10.0 Å². The molecular weight excluding hydrogens is 533 g/mol. The van der Waals surface area contributed by atoms with Gasteiger partial charge < -0.3 is 13.7 Å². The van der Waals surface area contributed by atoms with E-state index in [2.05, 4.69) is 0 Å². The van der Waals surface area contributed by atoms with Gasteiger partial charge in [-0.1, -0.05) is 36.4 Å². The zero-order chi connectivity index (χ0) is 27.3. The molecule has 8 nitrogen and oxygen atoms in total. The van der Waals surface area contributed by atoms with Crippen molar-refractivity contribution in [1.82, 2.24) is 4.31 Å². The Morgan fingerprint density at radius 3 is 2.13 bits per heavy atom. The van der Waals surface area contributed by atoms with Crippen LogP contribution in [-0.4, -0.2) is 48.5 Å². The molecule has 4 aromatic rings. The van der Waals surface area contributed by atoms with Gasteiger partial charge in [-0.25, -0.2) is 12.8 Å². The van der Waals surface area contributed by atoms with E-state index in [4.69, 9.17) is 13.7 Å². The molecule has 0 saturated heterocycles. The van der Waals surface area contributed by atoms with E-state index >= 15 is 0 Å². The van der Waals surface area contributed by atoms with Crippen LogP contribution in [0.4, 0.5) is 4.39 Å². The van der Waals surface area contributed by atoms with E-state index in [9.17, 15) is 21.2 Å². The summed E-state index contributed by atoms with van der Waals surface area (Å²) < 4.78 is 83.0. The van der Waals surface area contributed by atoms with E-state index in [1.54, 1.807) is 24.3 Å². The Labute approximate surface area is 221 Å². The van der Waals surface area contributed by atoms with Gasteiger partial charge >= 0.3 is 10.1 Å². The minimum absolute atomic E-state index is 0.0573. The van der Waals surface area contributed by atoms with Crippen LogP contribution in [0.2, 0.25) is 0 Å². The fourth-order valence-electron chi connectivity index (χ4n) is 3.81. The fraction of sp³-hybridized carbons (Fsp3) is 0.185. The highest BCUT2D eigenvalue weighted by atomic mass is 32.2. The minimum atomic E-state index is -4.31. The number of rotatable bonds is 11. The standard InChI is InChI=1S/C27H26FNO7S2/c1-34-16-15-29(37(30,31)25-11-8-21-5-3-4-6-22(21)18-25)19-20-7-14-26(35-2)27(17-20)36-38(32,33)24-12-9-23(28)10-13-24/h3-14,17-18H,15-16,19H2,1-2H3. The fourth-order valence-corrected chi connectivity index (χ4v) is 6.19. The van der Waals surface area contributed by atoms with Gasteiger partial charge in [0, 0.05) is 20.2 Å². The molecule has 0 aliphatic carbocycles. The SMILES string of the molecule is COCCN(Cc1ccc(OC)c(OS(=O)(=O)c2ccc(F)cc2)c1)S(=O)(=O)c1ccc2ccccc2c1. The predicted octanol–water partition coefficient (Wildman–Crippen LogP) is 4.59. The zero-order valence-corrected chi connectivity index (χ0v) is 22.3. The van der Waals surface area contributed by atoms with Gasteiger partial charge in [0.05, 0.1) is 18.6 Å². The number of hydrogen-bond acceptors (Lipinski definition) is 7. The predicted molar refractivity (Wildman–Crippen MR) is 141 cm³/mol. The molecule has 0 aliphatic rings. The number of benzene rings is 4. The summed E-state index contributed by atoms with van der Waals surface area (Å²) >= 11 is 0. The maximum atomic E-state index is 13.6. The molecule has 0 atom stereocenters. The first kappa shape index (κ1) is 27.5. The molecule has 0 N–H and O–H groups in total. The first-order valence-corrected chi connectivity index (χ1v) is 14.3. The zero-order valence-electron chi connectivity index (χ0n) is 20.7. The Morgan fingerprint density at radius 2 is 1.45 bits per heavy atom. The van der Waals surface area contributed by atoms with Crippen molar-refractivity contribution in [2.75, 3.05) is 27.4 Å². The van der Waals surface area contributed by atoms with Crippen molar-refractivity contribution in [3.8, 4) is 11.5 Å². The van der Waals surface area contributed by atoms with Crippen molar-refractivity contribution in [2.45, 2.75) is 16.3 Å². The summed E-state index contributed by atoms with van der Waals surface area (Å²) in [4.78, 5) is -0.122. The number of hydrogen-bond donors (Lipinski definition) is 0. The summed E-state index contributed by atoms with van der Waals surface area (Å²) in [6, 6.07) is 21.0. The quantitative estimate of drug-likeness (QED) is 0.248. The van der Waals surface area contributed by atoms with Crippen molar-refractivity contribution in [2.24, 2.45) is 0 Å². The van der Waals surface area contributed by atoms with E-state index < -0.39 is 26.0 Å². The smallest absolute Gasteiger partial charge is 0.339 e. The molecule has 0 bridgehead atoms. The number of sulfonamides is 1. The van der Waals surface area contributed by atoms with E-state index in [-0.39, 0.29) is 41.0 Å². The van der Waals surface area contributed by atoms with Crippen LogP contribution in [0.25, 0.3) is 10.8 Å². The number of nitrogens with zero attached hydrogens (tertiary/aromatic N) is 1. The van der Waals surface area contributed by atoms with Crippen molar-refractivity contribution < 1.29 is 34.9 Å². The van der Waals surface area contributed by atoms with E-state index in [1.165, 1.54) is 30.7 Å². The third-order valence-electron chi connectivity index (χ3n) is 5.79. The molecule has 4 rings (SSSR count).